The average molecular weight is 424 g/mol. The van der Waals surface area contributed by atoms with E-state index in [1.54, 1.807) is 23.1 Å². The number of ether oxygens (including phenoxy) is 3. The van der Waals surface area contributed by atoms with Crippen molar-refractivity contribution < 1.29 is 23.8 Å². The van der Waals surface area contributed by atoms with Crippen molar-refractivity contribution in [2.75, 3.05) is 33.4 Å². The van der Waals surface area contributed by atoms with E-state index in [-0.39, 0.29) is 12.5 Å². The van der Waals surface area contributed by atoms with Crippen LogP contribution < -0.4 is 9.47 Å². The van der Waals surface area contributed by atoms with Crippen molar-refractivity contribution in [3.8, 4) is 11.5 Å². The molecular formula is C22H30ClNO5. The highest BCUT2D eigenvalue weighted by molar-refractivity contribution is 6.32. The number of piperidine rings is 1. The fraction of sp³-hybridized carbons (Fsp3) is 0.545. The molecule has 0 bridgehead atoms. The van der Waals surface area contributed by atoms with Crippen LogP contribution in [0, 0.1) is 11.8 Å². The number of amides is 1. The summed E-state index contributed by atoms with van der Waals surface area (Å²) < 4.78 is 16.0. The van der Waals surface area contributed by atoms with Gasteiger partial charge in [-0.1, -0.05) is 32.4 Å². The molecule has 1 aliphatic rings. The molecule has 7 heteroatoms. The molecule has 1 amide bonds. The van der Waals surface area contributed by atoms with Crippen LogP contribution in [0.2, 0.25) is 5.02 Å². The van der Waals surface area contributed by atoms with Crippen molar-refractivity contribution in [1.29, 1.82) is 0 Å². The Hall–Kier alpha value is -2.21. The summed E-state index contributed by atoms with van der Waals surface area (Å²) in [5, 5.41) is 0.398. The number of carbonyl (C=O) groups excluding carboxylic acids is 2. The van der Waals surface area contributed by atoms with Gasteiger partial charge in [0.2, 0.25) is 0 Å². The second-order valence-corrected chi connectivity index (χ2v) is 7.98. The smallest absolute Gasteiger partial charge is 0.331 e. The van der Waals surface area contributed by atoms with Gasteiger partial charge in [0.1, 0.15) is 0 Å². The Morgan fingerprint density at radius 2 is 1.93 bits per heavy atom. The van der Waals surface area contributed by atoms with Crippen molar-refractivity contribution in [3.05, 3.63) is 28.8 Å². The molecule has 0 aliphatic carbocycles. The summed E-state index contributed by atoms with van der Waals surface area (Å²) in [6.45, 7) is 7.95. The van der Waals surface area contributed by atoms with Gasteiger partial charge in [0.25, 0.3) is 5.91 Å². The molecule has 1 heterocycles. The zero-order valence-electron chi connectivity index (χ0n) is 17.6. The number of halogens is 1. The first-order chi connectivity index (χ1) is 13.8. The predicted octanol–water partition coefficient (Wildman–Crippen LogP) is 4.20. The highest BCUT2D eigenvalue weighted by Crippen LogP contribution is 2.36. The maximum Gasteiger partial charge on any atom is 0.331 e. The van der Waals surface area contributed by atoms with Crippen molar-refractivity contribution in [3.63, 3.8) is 0 Å². The zero-order chi connectivity index (χ0) is 21.4. The number of rotatable bonds is 8. The maximum absolute atomic E-state index is 12.3. The minimum Gasteiger partial charge on any atom is -0.493 e. The number of benzene rings is 1. The topological polar surface area (TPSA) is 65.1 Å². The van der Waals surface area contributed by atoms with Gasteiger partial charge in [0.05, 0.1) is 18.7 Å². The number of esters is 1. The van der Waals surface area contributed by atoms with Crippen LogP contribution in [0.4, 0.5) is 0 Å². The summed E-state index contributed by atoms with van der Waals surface area (Å²) in [7, 11) is 1.53. The van der Waals surface area contributed by atoms with Crippen LogP contribution in [0.3, 0.4) is 0 Å². The summed E-state index contributed by atoms with van der Waals surface area (Å²) in [5.41, 5.74) is 0.664. The lowest BCUT2D eigenvalue weighted by Gasteiger charge is -2.34. The van der Waals surface area contributed by atoms with E-state index >= 15 is 0 Å². The molecular weight excluding hydrogens is 394 g/mol. The molecule has 2 rings (SSSR count). The molecule has 29 heavy (non-hydrogen) atoms. The van der Waals surface area contributed by atoms with Crippen LogP contribution in [0.1, 0.15) is 39.2 Å². The summed E-state index contributed by atoms with van der Waals surface area (Å²) in [6, 6.07) is 3.41. The number of hydrogen-bond acceptors (Lipinski definition) is 5. The van der Waals surface area contributed by atoms with Gasteiger partial charge >= 0.3 is 5.97 Å². The molecule has 0 aromatic heterocycles. The standard InChI is InChI=1S/C22H30ClNO5/c1-5-8-28-22-18(23)10-17(11-19(22)27-4)6-7-21(26)29-14-20(25)24-12-15(2)9-16(3)13-24/h6-7,10-11,15-16H,5,8-9,12-14H2,1-4H3/b7-6+/t15-,16-/m1/s1. The lowest BCUT2D eigenvalue weighted by Crippen LogP contribution is -2.44. The normalized spacial score (nSPS) is 19.3. The molecule has 160 valence electrons. The number of hydrogen-bond donors (Lipinski definition) is 0. The average Bonchev–Trinajstić information content (AvgIpc) is 2.68. The van der Waals surface area contributed by atoms with E-state index in [9.17, 15) is 9.59 Å². The molecule has 0 saturated carbocycles. The monoisotopic (exact) mass is 423 g/mol. The Morgan fingerprint density at radius 1 is 1.24 bits per heavy atom. The minimum absolute atomic E-state index is 0.160. The van der Waals surface area contributed by atoms with E-state index in [2.05, 4.69) is 13.8 Å². The van der Waals surface area contributed by atoms with E-state index < -0.39 is 5.97 Å². The first-order valence-electron chi connectivity index (χ1n) is 9.97. The fourth-order valence-corrected chi connectivity index (χ4v) is 3.76. The van der Waals surface area contributed by atoms with Gasteiger partial charge in [-0.2, -0.15) is 0 Å². The third-order valence-electron chi connectivity index (χ3n) is 4.67. The van der Waals surface area contributed by atoms with Crippen LogP contribution >= 0.6 is 11.6 Å². The van der Waals surface area contributed by atoms with Gasteiger partial charge in [-0.05, 0) is 48.4 Å². The van der Waals surface area contributed by atoms with E-state index in [1.807, 2.05) is 6.92 Å². The molecule has 6 nitrogen and oxygen atoms in total. The Balaban J connectivity index is 1.93. The van der Waals surface area contributed by atoms with Crippen molar-refractivity contribution in [2.45, 2.75) is 33.6 Å². The van der Waals surface area contributed by atoms with Gasteiger partial charge in [-0.25, -0.2) is 4.79 Å². The molecule has 1 fully saturated rings. The number of likely N-dealkylation sites (tertiary alicyclic amines) is 1. The quantitative estimate of drug-likeness (QED) is 0.463. The molecule has 0 spiro atoms. The van der Waals surface area contributed by atoms with E-state index in [0.717, 1.165) is 12.8 Å². The Morgan fingerprint density at radius 3 is 2.55 bits per heavy atom. The summed E-state index contributed by atoms with van der Waals surface area (Å²) in [4.78, 5) is 26.1. The minimum atomic E-state index is -0.585. The molecule has 0 unspecified atom stereocenters. The van der Waals surface area contributed by atoms with Crippen LogP contribution in [-0.4, -0.2) is 50.2 Å². The van der Waals surface area contributed by atoms with Gasteiger partial charge in [-0.3, -0.25) is 4.79 Å². The van der Waals surface area contributed by atoms with Gasteiger partial charge in [-0.15, -0.1) is 0 Å². The van der Waals surface area contributed by atoms with Crippen molar-refractivity contribution >= 4 is 29.6 Å². The second kappa shape index (κ2) is 11.1. The Kier molecular flexibility index (Phi) is 8.83. The van der Waals surface area contributed by atoms with E-state index in [4.69, 9.17) is 25.8 Å². The van der Waals surface area contributed by atoms with E-state index in [0.29, 0.717) is 53.6 Å². The number of methoxy groups -OCH3 is 1. The highest BCUT2D eigenvalue weighted by Gasteiger charge is 2.25. The first-order valence-corrected chi connectivity index (χ1v) is 10.3. The lowest BCUT2D eigenvalue weighted by molar-refractivity contribution is -0.149. The number of carbonyl (C=O) groups is 2. The molecule has 1 aromatic rings. The fourth-order valence-electron chi connectivity index (χ4n) is 3.48. The largest absolute Gasteiger partial charge is 0.493 e. The summed E-state index contributed by atoms with van der Waals surface area (Å²) in [6.07, 6.45) is 4.80. The lowest BCUT2D eigenvalue weighted by atomic mass is 9.92. The van der Waals surface area contributed by atoms with Crippen molar-refractivity contribution in [1.82, 2.24) is 4.90 Å². The second-order valence-electron chi connectivity index (χ2n) is 7.57. The molecule has 1 aliphatic heterocycles. The van der Waals surface area contributed by atoms with Crippen LogP contribution in [0.5, 0.6) is 11.5 Å². The summed E-state index contributed by atoms with van der Waals surface area (Å²) in [5.74, 6) is 1.14. The summed E-state index contributed by atoms with van der Waals surface area (Å²) >= 11 is 6.27. The Bertz CT molecular complexity index is 739. The molecule has 2 atom stereocenters. The first kappa shape index (κ1) is 23.1. The van der Waals surface area contributed by atoms with Gasteiger partial charge < -0.3 is 19.1 Å². The third kappa shape index (κ3) is 6.96. The van der Waals surface area contributed by atoms with Crippen molar-refractivity contribution in [2.24, 2.45) is 11.8 Å². The third-order valence-corrected chi connectivity index (χ3v) is 4.95. The maximum atomic E-state index is 12.3. The van der Waals surface area contributed by atoms with E-state index in [1.165, 1.54) is 13.2 Å². The molecule has 0 N–H and O–H groups in total. The molecule has 1 saturated heterocycles. The van der Waals surface area contributed by atoms with Crippen LogP contribution in [0.25, 0.3) is 6.08 Å². The highest BCUT2D eigenvalue weighted by atomic mass is 35.5. The number of nitrogens with zero attached hydrogens (tertiary/aromatic N) is 1. The molecule has 1 aromatic carbocycles. The van der Waals surface area contributed by atoms with Crippen LogP contribution in [0.15, 0.2) is 18.2 Å². The van der Waals surface area contributed by atoms with Gasteiger partial charge in [0, 0.05) is 19.2 Å². The predicted molar refractivity (Wildman–Crippen MR) is 113 cm³/mol. The van der Waals surface area contributed by atoms with Gasteiger partial charge in [0.15, 0.2) is 18.1 Å². The Labute approximate surface area is 177 Å². The van der Waals surface area contributed by atoms with Crippen LogP contribution in [-0.2, 0) is 14.3 Å². The zero-order valence-corrected chi connectivity index (χ0v) is 18.3. The molecule has 0 radical (unpaired) electrons. The SMILES string of the molecule is CCCOc1c(Cl)cc(/C=C/C(=O)OCC(=O)N2C[C@H](C)C[C@@H](C)C2)cc1OC.